The van der Waals surface area contributed by atoms with E-state index >= 15 is 0 Å². The van der Waals surface area contributed by atoms with E-state index in [0.717, 1.165) is 6.08 Å². The van der Waals surface area contributed by atoms with E-state index < -0.39 is 23.6 Å². The van der Waals surface area contributed by atoms with E-state index in [-0.39, 0.29) is 11.1 Å². The van der Waals surface area contributed by atoms with Crippen molar-refractivity contribution < 1.29 is 23.5 Å². The van der Waals surface area contributed by atoms with Crippen molar-refractivity contribution in [3.8, 4) is 0 Å². The van der Waals surface area contributed by atoms with Gasteiger partial charge in [0.25, 0.3) is 0 Å². The molecule has 0 saturated heterocycles. The maximum atomic E-state index is 12.8. The van der Waals surface area contributed by atoms with Crippen molar-refractivity contribution in [2.24, 2.45) is 0 Å². The number of furan rings is 1. The smallest absolute Gasteiger partial charge is 0.332 e. The Morgan fingerprint density at radius 3 is 1.81 bits per heavy atom. The fourth-order valence-electron chi connectivity index (χ4n) is 2.43. The SMILES string of the molecule is O=C(C=Cc1ccco1)OC(C(=O)c1ccccc1)C(=O)c1ccccc1. The van der Waals surface area contributed by atoms with Crippen molar-refractivity contribution in [2.45, 2.75) is 6.10 Å². The van der Waals surface area contributed by atoms with Gasteiger partial charge in [-0.2, -0.15) is 0 Å². The molecular weight excluding hydrogens is 344 g/mol. The van der Waals surface area contributed by atoms with Crippen molar-refractivity contribution in [1.82, 2.24) is 0 Å². The van der Waals surface area contributed by atoms with Crippen LogP contribution in [0.3, 0.4) is 0 Å². The molecule has 0 aliphatic heterocycles. The quantitative estimate of drug-likeness (QED) is 0.276. The van der Waals surface area contributed by atoms with Crippen LogP contribution in [0.25, 0.3) is 6.08 Å². The van der Waals surface area contributed by atoms with E-state index in [4.69, 9.17) is 9.15 Å². The van der Waals surface area contributed by atoms with Gasteiger partial charge in [-0.15, -0.1) is 0 Å². The maximum absolute atomic E-state index is 12.8. The molecule has 0 amide bonds. The number of Topliss-reactive ketones (excluding diaryl/α,β-unsaturated/α-hetero) is 2. The second-order valence-electron chi connectivity index (χ2n) is 5.63. The van der Waals surface area contributed by atoms with E-state index in [1.54, 1.807) is 72.8 Å². The predicted octanol–water partition coefficient (Wildman–Crippen LogP) is 3.97. The molecule has 0 atom stereocenters. The van der Waals surface area contributed by atoms with Crippen molar-refractivity contribution in [3.63, 3.8) is 0 Å². The molecular formula is C22H16O5. The molecule has 0 saturated carbocycles. The third-order valence-corrected chi connectivity index (χ3v) is 3.75. The molecule has 0 unspecified atom stereocenters. The van der Waals surface area contributed by atoms with Crippen molar-refractivity contribution in [3.05, 3.63) is 102 Å². The molecule has 27 heavy (non-hydrogen) atoms. The van der Waals surface area contributed by atoms with Gasteiger partial charge in [0.05, 0.1) is 6.26 Å². The third kappa shape index (κ3) is 4.67. The molecule has 0 bridgehead atoms. The Morgan fingerprint density at radius 1 is 0.778 bits per heavy atom. The minimum atomic E-state index is -1.57. The van der Waals surface area contributed by atoms with E-state index in [1.165, 1.54) is 12.3 Å². The molecule has 5 heteroatoms. The molecule has 0 spiro atoms. The van der Waals surface area contributed by atoms with Crippen molar-refractivity contribution in [1.29, 1.82) is 0 Å². The first kappa shape index (κ1) is 18.1. The molecule has 0 fully saturated rings. The average Bonchev–Trinajstić information content (AvgIpc) is 3.24. The largest absolute Gasteiger partial charge is 0.465 e. The molecule has 0 aliphatic rings. The van der Waals surface area contributed by atoms with Gasteiger partial charge in [-0.25, -0.2) is 4.79 Å². The van der Waals surface area contributed by atoms with E-state index in [9.17, 15) is 14.4 Å². The van der Waals surface area contributed by atoms with Crippen LogP contribution in [-0.4, -0.2) is 23.6 Å². The van der Waals surface area contributed by atoms with Crippen molar-refractivity contribution in [2.75, 3.05) is 0 Å². The molecule has 134 valence electrons. The number of hydrogen-bond acceptors (Lipinski definition) is 5. The van der Waals surface area contributed by atoms with Crippen LogP contribution >= 0.6 is 0 Å². The standard InChI is InChI=1S/C22H16O5/c23-19(14-13-18-12-7-15-26-18)27-22(20(24)16-8-3-1-4-9-16)21(25)17-10-5-2-6-11-17/h1-15,22H. The average molecular weight is 360 g/mol. The molecule has 0 aliphatic carbocycles. The number of carbonyl (C=O) groups excluding carboxylic acids is 3. The first-order chi connectivity index (χ1) is 13.1. The lowest BCUT2D eigenvalue weighted by Crippen LogP contribution is -2.35. The van der Waals surface area contributed by atoms with E-state index in [1.807, 2.05) is 0 Å². The molecule has 2 aromatic carbocycles. The van der Waals surface area contributed by atoms with Gasteiger partial charge in [-0.3, -0.25) is 9.59 Å². The van der Waals surface area contributed by atoms with Gasteiger partial charge in [-0.05, 0) is 18.2 Å². The van der Waals surface area contributed by atoms with Gasteiger partial charge < -0.3 is 9.15 Å². The fourth-order valence-corrected chi connectivity index (χ4v) is 2.43. The van der Waals surface area contributed by atoms with Gasteiger partial charge in [0.15, 0.2) is 0 Å². The minimum Gasteiger partial charge on any atom is -0.465 e. The summed E-state index contributed by atoms with van der Waals surface area (Å²) in [6.45, 7) is 0. The highest BCUT2D eigenvalue weighted by Gasteiger charge is 2.31. The Morgan fingerprint density at radius 2 is 1.33 bits per heavy atom. The monoisotopic (exact) mass is 360 g/mol. The highest BCUT2D eigenvalue weighted by Crippen LogP contribution is 2.14. The third-order valence-electron chi connectivity index (χ3n) is 3.75. The van der Waals surface area contributed by atoms with Gasteiger partial charge >= 0.3 is 5.97 Å². The second-order valence-corrected chi connectivity index (χ2v) is 5.63. The Bertz CT molecular complexity index is 889. The first-order valence-electron chi connectivity index (χ1n) is 8.26. The Hall–Kier alpha value is -3.73. The number of ketones is 2. The molecule has 0 radical (unpaired) electrons. The van der Waals surface area contributed by atoms with Crippen LogP contribution in [0.5, 0.6) is 0 Å². The Balaban J connectivity index is 1.84. The number of rotatable bonds is 7. The Kier molecular flexibility index (Phi) is 5.74. The number of benzene rings is 2. The zero-order valence-corrected chi connectivity index (χ0v) is 14.3. The van der Waals surface area contributed by atoms with Crippen LogP contribution in [0.1, 0.15) is 26.5 Å². The lowest BCUT2D eigenvalue weighted by atomic mass is 9.98. The summed E-state index contributed by atoms with van der Waals surface area (Å²) in [5, 5.41) is 0. The lowest BCUT2D eigenvalue weighted by molar-refractivity contribution is -0.139. The zero-order valence-electron chi connectivity index (χ0n) is 14.3. The molecule has 1 aromatic heterocycles. The summed E-state index contributed by atoms with van der Waals surface area (Å²) in [6, 6.07) is 19.8. The van der Waals surface area contributed by atoms with E-state index in [0.29, 0.717) is 5.76 Å². The normalized spacial score (nSPS) is 10.9. The van der Waals surface area contributed by atoms with Crippen molar-refractivity contribution >= 4 is 23.6 Å². The summed E-state index contributed by atoms with van der Waals surface area (Å²) in [5.41, 5.74) is 0.573. The van der Waals surface area contributed by atoms with Crippen LogP contribution < -0.4 is 0 Å². The molecule has 3 aromatic rings. The number of carbonyl (C=O) groups is 3. The summed E-state index contributed by atoms with van der Waals surface area (Å²) in [6.07, 6.45) is 2.41. The number of hydrogen-bond donors (Lipinski definition) is 0. The predicted molar refractivity (Wildman–Crippen MR) is 99.2 cm³/mol. The topological polar surface area (TPSA) is 73.6 Å². The summed E-state index contributed by atoms with van der Waals surface area (Å²) < 4.78 is 10.3. The first-order valence-corrected chi connectivity index (χ1v) is 8.26. The van der Waals surface area contributed by atoms with Gasteiger partial charge in [0.2, 0.25) is 17.7 Å². The van der Waals surface area contributed by atoms with Gasteiger partial charge in [-0.1, -0.05) is 60.7 Å². The summed E-state index contributed by atoms with van der Waals surface area (Å²) >= 11 is 0. The van der Waals surface area contributed by atoms with Gasteiger partial charge in [0, 0.05) is 17.2 Å². The lowest BCUT2D eigenvalue weighted by Gasteiger charge is -2.15. The molecule has 3 rings (SSSR count). The molecule has 5 nitrogen and oxygen atoms in total. The Labute approximate surface area is 155 Å². The molecule has 0 N–H and O–H groups in total. The van der Waals surface area contributed by atoms with Crippen LogP contribution in [0.4, 0.5) is 0 Å². The molecule has 1 heterocycles. The fraction of sp³-hybridized carbons (Fsp3) is 0.0455. The summed E-state index contributed by atoms with van der Waals surface area (Å²) in [5.74, 6) is -1.52. The van der Waals surface area contributed by atoms with Crippen LogP contribution in [0.2, 0.25) is 0 Å². The highest BCUT2D eigenvalue weighted by atomic mass is 16.5. The summed E-state index contributed by atoms with van der Waals surface area (Å²) in [4.78, 5) is 37.7. The highest BCUT2D eigenvalue weighted by molar-refractivity contribution is 6.19. The number of ether oxygens (including phenoxy) is 1. The van der Waals surface area contributed by atoms with Gasteiger partial charge in [0.1, 0.15) is 5.76 Å². The number of esters is 1. The van der Waals surface area contributed by atoms with Crippen LogP contribution in [0, 0.1) is 0 Å². The zero-order chi connectivity index (χ0) is 19.1. The van der Waals surface area contributed by atoms with Crippen LogP contribution in [0.15, 0.2) is 89.6 Å². The van der Waals surface area contributed by atoms with E-state index in [2.05, 4.69) is 0 Å². The minimum absolute atomic E-state index is 0.287. The summed E-state index contributed by atoms with van der Waals surface area (Å²) in [7, 11) is 0. The maximum Gasteiger partial charge on any atom is 0.332 e. The second kappa shape index (κ2) is 8.58. The van der Waals surface area contributed by atoms with Crippen LogP contribution in [-0.2, 0) is 9.53 Å².